The van der Waals surface area contributed by atoms with Crippen LogP contribution in [0.15, 0.2) is 29.6 Å². The van der Waals surface area contributed by atoms with Crippen LogP contribution in [0.5, 0.6) is 0 Å². The van der Waals surface area contributed by atoms with Crippen LogP contribution in [0.4, 0.5) is 4.79 Å². The van der Waals surface area contributed by atoms with Crippen LogP contribution in [-0.2, 0) is 6.42 Å². The monoisotopic (exact) mass is 315 g/mol. The Morgan fingerprint density at radius 1 is 1.32 bits per heavy atom. The quantitative estimate of drug-likeness (QED) is 0.812. The predicted molar refractivity (Wildman–Crippen MR) is 90.1 cm³/mol. The summed E-state index contributed by atoms with van der Waals surface area (Å²) in [6.07, 6.45) is 4.11. The van der Waals surface area contributed by atoms with E-state index in [2.05, 4.69) is 40.3 Å². The first-order valence-electron chi connectivity index (χ1n) is 7.91. The van der Waals surface area contributed by atoms with Crippen LogP contribution in [-0.4, -0.2) is 24.7 Å². The Morgan fingerprint density at radius 3 is 2.86 bits per heavy atom. The molecule has 4 nitrogen and oxygen atoms in total. The van der Waals surface area contributed by atoms with Gasteiger partial charge < -0.3 is 16.4 Å². The number of thiophene rings is 1. The van der Waals surface area contributed by atoms with E-state index in [1.54, 1.807) is 11.3 Å². The molecule has 22 heavy (non-hydrogen) atoms. The van der Waals surface area contributed by atoms with Gasteiger partial charge in [0.2, 0.25) is 0 Å². The topological polar surface area (TPSA) is 67.1 Å². The van der Waals surface area contributed by atoms with Gasteiger partial charge in [-0.15, -0.1) is 11.3 Å². The van der Waals surface area contributed by atoms with Gasteiger partial charge in [0.25, 0.3) is 0 Å². The van der Waals surface area contributed by atoms with E-state index in [-0.39, 0.29) is 6.03 Å². The number of nitrogens with two attached hydrogens (primary N) is 1. The van der Waals surface area contributed by atoms with Crippen LogP contribution in [0.3, 0.4) is 0 Å². The van der Waals surface area contributed by atoms with Crippen LogP contribution in [0, 0.1) is 5.41 Å². The highest BCUT2D eigenvalue weighted by Crippen LogP contribution is 2.59. The molecule has 1 unspecified atom stereocenters. The van der Waals surface area contributed by atoms with Gasteiger partial charge in [-0.2, -0.15) is 0 Å². The fraction of sp³-hybridized carbons (Fsp3) is 0.471. The molecule has 0 saturated heterocycles. The third-order valence-electron chi connectivity index (χ3n) is 5.14. The van der Waals surface area contributed by atoms with Gasteiger partial charge in [-0.05, 0) is 53.5 Å². The van der Waals surface area contributed by atoms with Crippen molar-refractivity contribution in [2.24, 2.45) is 11.1 Å². The lowest BCUT2D eigenvalue weighted by Gasteiger charge is -2.36. The first-order chi connectivity index (χ1) is 10.7. The van der Waals surface area contributed by atoms with Crippen molar-refractivity contribution in [3.63, 3.8) is 0 Å². The molecular weight excluding hydrogens is 294 g/mol. The molecule has 2 saturated carbocycles. The summed E-state index contributed by atoms with van der Waals surface area (Å²) in [6.45, 7) is 0.671. The van der Waals surface area contributed by atoms with E-state index < -0.39 is 0 Å². The summed E-state index contributed by atoms with van der Waals surface area (Å²) in [4.78, 5) is 11.9. The van der Waals surface area contributed by atoms with Gasteiger partial charge in [0.1, 0.15) is 0 Å². The summed E-state index contributed by atoms with van der Waals surface area (Å²) >= 11 is 1.76. The van der Waals surface area contributed by atoms with Gasteiger partial charge in [0.05, 0.1) is 0 Å². The molecule has 1 spiro atoms. The van der Waals surface area contributed by atoms with Crippen LogP contribution in [0.2, 0.25) is 0 Å². The smallest absolute Gasteiger partial charge is 0.315 e. The average molecular weight is 315 g/mol. The van der Waals surface area contributed by atoms with E-state index >= 15 is 0 Å². The van der Waals surface area contributed by atoms with Crippen LogP contribution in [0.25, 0.3) is 10.1 Å². The molecule has 4 rings (SSSR count). The molecule has 0 bridgehead atoms. The second kappa shape index (κ2) is 5.25. The zero-order valence-electron chi connectivity index (χ0n) is 12.5. The average Bonchev–Trinajstić information content (AvgIpc) is 2.97. The molecule has 0 radical (unpaired) electrons. The van der Waals surface area contributed by atoms with Crippen LogP contribution >= 0.6 is 11.3 Å². The normalized spacial score (nSPS) is 29.3. The Balaban J connectivity index is 1.22. The fourth-order valence-corrected chi connectivity index (χ4v) is 4.64. The molecule has 2 fully saturated rings. The Morgan fingerprint density at radius 2 is 2.09 bits per heavy atom. The van der Waals surface area contributed by atoms with E-state index in [4.69, 9.17) is 5.73 Å². The van der Waals surface area contributed by atoms with Gasteiger partial charge in [-0.3, -0.25) is 0 Å². The Bertz CT molecular complexity index is 705. The maximum absolute atomic E-state index is 11.9. The van der Waals surface area contributed by atoms with E-state index in [0.717, 1.165) is 25.7 Å². The maximum Gasteiger partial charge on any atom is 0.315 e. The van der Waals surface area contributed by atoms with Crippen molar-refractivity contribution in [2.45, 2.75) is 37.8 Å². The first kappa shape index (κ1) is 14.0. The van der Waals surface area contributed by atoms with Gasteiger partial charge >= 0.3 is 6.03 Å². The SMILES string of the molecule is NC1CC12CC(NC(=O)NCCc1csc3ccccc13)C2. The lowest BCUT2D eigenvalue weighted by atomic mass is 9.76. The van der Waals surface area contributed by atoms with Crippen molar-refractivity contribution in [1.82, 2.24) is 10.6 Å². The molecule has 0 aliphatic heterocycles. The van der Waals surface area contributed by atoms with Crippen molar-refractivity contribution in [3.05, 3.63) is 35.2 Å². The third-order valence-corrected chi connectivity index (χ3v) is 6.15. The second-order valence-electron chi connectivity index (χ2n) is 6.69. The van der Waals surface area contributed by atoms with Crippen molar-refractivity contribution in [2.75, 3.05) is 6.54 Å². The zero-order chi connectivity index (χ0) is 15.2. The number of carbonyl (C=O) groups excluding carboxylic acids is 1. The third kappa shape index (κ3) is 2.48. The number of carbonyl (C=O) groups is 1. The Hall–Kier alpha value is -1.59. The summed E-state index contributed by atoms with van der Waals surface area (Å²) in [5.74, 6) is 0. The summed E-state index contributed by atoms with van der Waals surface area (Å²) in [7, 11) is 0. The molecule has 1 atom stereocenters. The number of hydrogen-bond donors (Lipinski definition) is 3. The molecular formula is C17H21N3OS. The van der Waals surface area contributed by atoms with Crippen molar-refractivity contribution in [1.29, 1.82) is 0 Å². The maximum atomic E-state index is 11.9. The summed E-state index contributed by atoms with van der Waals surface area (Å²) < 4.78 is 1.31. The highest BCUT2D eigenvalue weighted by molar-refractivity contribution is 7.17. The number of urea groups is 1. The minimum absolute atomic E-state index is 0.0476. The summed E-state index contributed by atoms with van der Waals surface area (Å²) in [6, 6.07) is 9.05. The standard InChI is InChI=1S/C17H21N3OS/c18-15-9-17(15)7-12(8-17)20-16(21)19-6-5-11-10-22-14-4-2-1-3-13(11)14/h1-4,10,12,15H,5-9,18H2,(H2,19,20,21). The van der Waals surface area contributed by atoms with Crippen LogP contribution in [0.1, 0.15) is 24.8 Å². The molecule has 1 aromatic carbocycles. The number of benzene rings is 1. The lowest BCUT2D eigenvalue weighted by molar-refractivity contribution is 0.184. The Labute approximate surface area is 134 Å². The fourth-order valence-electron chi connectivity index (χ4n) is 3.65. The molecule has 2 aromatic rings. The largest absolute Gasteiger partial charge is 0.338 e. The molecule has 2 aliphatic rings. The second-order valence-corrected chi connectivity index (χ2v) is 7.60. The number of hydrogen-bond acceptors (Lipinski definition) is 3. The summed E-state index contributed by atoms with van der Waals surface area (Å²) in [5, 5.41) is 9.51. The Kier molecular flexibility index (Phi) is 3.35. The summed E-state index contributed by atoms with van der Waals surface area (Å²) in [5.41, 5.74) is 7.60. The number of rotatable bonds is 4. The molecule has 5 heteroatoms. The molecule has 1 heterocycles. The van der Waals surface area contributed by atoms with Gasteiger partial charge in [0.15, 0.2) is 0 Å². The highest BCUT2D eigenvalue weighted by Gasteiger charge is 2.60. The minimum atomic E-state index is -0.0476. The number of amides is 2. The van der Waals surface area contributed by atoms with E-state index in [0.29, 0.717) is 24.0 Å². The van der Waals surface area contributed by atoms with Gasteiger partial charge in [-0.1, -0.05) is 18.2 Å². The first-order valence-corrected chi connectivity index (χ1v) is 8.79. The lowest BCUT2D eigenvalue weighted by Crippen LogP contribution is -2.50. The molecule has 4 N–H and O–H groups in total. The molecule has 116 valence electrons. The van der Waals surface area contributed by atoms with E-state index in [1.165, 1.54) is 15.6 Å². The predicted octanol–water partition coefficient (Wildman–Crippen LogP) is 2.62. The zero-order valence-corrected chi connectivity index (χ0v) is 13.3. The van der Waals surface area contributed by atoms with Crippen molar-refractivity contribution >= 4 is 27.5 Å². The van der Waals surface area contributed by atoms with Crippen molar-refractivity contribution in [3.8, 4) is 0 Å². The minimum Gasteiger partial charge on any atom is -0.338 e. The van der Waals surface area contributed by atoms with E-state index in [9.17, 15) is 4.79 Å². The van der Waals surface area contributed by atoms with Crippen molar-refractivity contribution < 1.29 is 4.79 Å². The molecule has 2 aliphatic carbocycles. The van der Waals surface area contributed by atoms with Gasteiger partial charge in [-0.25, -0.2) is 4.79 Å². The van der Waals surface area contributed by atoms with Gasteiger partial charge in [0, 0.05) is 23.3 Å². The number of fused-ring (bicyclic) bond motifs is 1. The number of nitrogens with one attached hydrogen (secondary N) is 2. The van der Waals surface area contributed by atoms with Crippen LogP contribution < -0.4 is 16.4 Å². The highest BCUT2D eigenvalue weighted by atomic mass is 32.1. The molecule has 1 aromatic heterocycles. The van der Waals surface area contributed by atoms with E-state index in [1.807, 2.05) is 0 Å². The molecule has 2 amide bonds.